The van der Waals surface area contributed by atoms with Gasteiger partial charge in [0.25, 0.3) is 0 Å². The highest BCUT2D eigenvalue weighted by atomic mass is 16.4. The van der Waals surface area contributed by atoms with Gasteiger partial charge >= 0.3 is 5.97 Å². The molecule has 0 radical (unpaired) electrons. The molecule has 7 heteroatoms. The smallest absolute Gasteiger partial charge is 0.308 e. The Morgan fingerprint density at radius 3 is 3.00 bits per heavy atom. The fourth-order valence-corrected chi connectivity index (χ4v) is 2.31. The zero-order valence-corrected chi connectivity index (χ0v) is 10.0. The molecule has 7 nitrogen and oxygen atoms in total. The Hall–Kier alpha value is -2.44. The molecule has 1 aliphatic heterocycles. The first-order chi connectivity index (χ1) is 9.15. The Morgan fingerprint density at radius 2 is 2.26 bits per heavy atom. The number of fused-ring (bicyclic) bond motifs is 1. The molecule has 0 fully saturated rings. The molecule has 1 atom stereocenters. The third-order valence-electron chi connectivity index (χ3n) is 3.31. The van der Waals surface area contributed by atoms with Crippen LogP contribution in [0.2, 0.25) is 0 Å². The lowest BCUT2D eigenvalue weighted by atomic mass is 9.99. The predicted octanol–water partition coefficient (Wildman–Crippen LogP) is 0.280. The van der Waals surface area contributed by atoms with E-state index in [4.69, 9.17) is 5.11 Å². The third-order valence-corrected chi connectivity index (χ3v) is 3.31. The van der Waals surface area contributed by atoms with Gasteiger partial charge in [-0.2, -0.15) is 0 Å². The van der Waals surface area contributed by atoms with Crippen LogP contribution < -0.4 is 5.56 Å². The van der Waals surface area contributed by atoms with Gasteiger partial charge in [-0.3, -0.25) is 9.59 Å². The van der Waals surface area contributed by atoms with Crippen molar-refractivity contribution < 1.29 is 9.90 Å². The number of aliphatic carboxylic acids is 1. The van der Waals surface area contributed by atoms with Crippen LogP contribution in [0.4, 0.5) is 0 Å². The maximum Gasteiger partial charge on any atom is 0.308 e. The predicted molar refractivity (Wildman–Crippen MR) is 65.5 cm³/mol. The van der Waals surface area contributed by atoms with Crippen molar-refractivity contribution >= 4 is 5.97 Å². The highest BCUT2D eigenvalue weighted by molar-refractivity contribution is 5.70. The minimum Gasteiger partial charge on any atom is -0.481 e. The van der Waals surface area contributed by atoms with E-state index in [0.717, 1.165) is 5.82 Å². The number of carbonyl (C=O) groups is 1. The van der Waals surface area contributed by atoms with Gasteiger partial charge in [0.1, 0.15) is 5.82 Å². The number of hydrogen-bond donors (Lipinski definition) is 2. The number of carboxylic acid groups (broad SMARTS) is 1. The van der Waals surface area contributed by atoms with Crippen molar-refractivity contribution in [3.63, 3.8) is 0 Å². The maximum absolute atomic E-state index is 11.3. The van der Waals surface area contributed by atoms with Crippen molar-refractivity contribution in [2.75, 3.05) is 0 Å². The van der Waals surface area contributed by atoms with E-state index in [1.54, 1.807) is 16.7 Å². The zero-order chi connectivity index (χ0) is 13.4. The highest BCUT2D eigenvalue weighted by Crippen LogP contribution is 2.24. The van der Waals surface area contributed by atoms with Gasteiger partial charge in [0.05, 0.1) is 11.6 Å². The molecule has 0 saturated heterocycles. The standard InChI is InChI=1S/C12H12N4O3/c17-10-3-1-2-8(13-10)11-15-14-9-5-4-7(12(18)19)6-16(9)11/h1-3,7H,4-6H2,(H,13,17)(H,18,19). The number of aryl methyl sites for hydroxylation is 1. The molecule has 19 heavy (non-hydrogen) atoms. The lowest BCUT2D eigenvalue weighted by Crippen LogP contribution is -2.27. The number of hydrogen-bond acceptors (Lipinski definition) is 4. The van der Waals surface area contributed by atoms with Crippen molar-refractivity contribution in [1.29, 1.82) is 0 Å². The topological polar surface area (TPSA) is 101 Å². The second-order valence-corrected chi connectivity index (χ2v) is 4.55. The molecule has 2 aromatic heterocycles. The lowest BCUT2D eigenvalue weighted by Gasteiger charge is -2.20. The highest BCUT2D eigenvalue weighted by Gasteiger charge is 2.27. The Bertz CT molecular complexity index is 688. The van der Waals surface area contributed by atoms with Crippen molar-refractivity contribution in [3.05, 3.63) is 34.4 Å². The van der Waals surface area contributed by atoms with E-state index in [0.29, 0.717) is 30.9 Å². The Kier molecular flexibility index (Phi) is 2.66. The van der Waals surface area contributed by atoms with E-state index in [2.05, 4.69) is 15.2 Å². The van der Waals surface area contributed by atoms with E-state index in [-0.39, 0.29) is 5.56 Å². The fourth-order valence-electron chi connectivity index (χ4n) is 2.31. The molecule has 0 aromatic carbocycles. The summed E-state index contributed by atoms with van der Waals surface area (Å²) in [4.78, 5) is 25.1. The molecular weight excluding hydrogens is 248 g/mol. The molecular formula is C12H12N4O3. The number of aromatic nitrogens is 4. The number of nitrogens with zero attached hydrogens (tertiary/aromatic N) is 3. The van der Waals surface area contributed by atoms with Gasteiger partial charge in [0, 0.05) is 19.0 Å². The lowest BCUT2D eigenvalue weighted by molar-refractivity contribution is -0.142. The van der Waals surface area contributed by atoms with Crippen molar-refractivity contribution in [2.24, 2.45) is 5.92 Å². The summed E-state index contributed by atoms with van der Waals surface area (Å²) in [5.74, 6) is 0.0281. The quantitative estimate of drug-likeness (QED) is 0.807. The van der Waals surface area contributed by atoms with Gasteiger partial charge in [-0.15, -0.1) is 10.2 Å². The average molecular weight is 260 g/mol. The molecule has 3 rings (SSSR count). The van der Waals surface area contributed by atoms with Crippen LogP contribution >= 0.6 is 0 Å². The van der Waals surface area contributed by atoms with Gasteiger partial charge in [-0.1, -0.05) is 6.07 Å². The first-order valence-electron chi connectivity index (χ1n) is 6.00. The molecule has 2 N–H and O–H groups in total. The molecule has 1 aliphatic rings. The van der Waals surface area contributed by atoms with E-state index < -0.39 is 11.9 Å². The second-order valence-electron chi connectivity index (χ2n) is 4.55. The van der Waals surface area contributed by atoms with Crippen molar-refractivity contribution in [1.82, 2.24) is 19.7 Å². The van der Waals surface area contributed by atoms with Crippen LogP contribution in [0.3, 0.4) is 0 Å². The number of aromatic amines is 1. The van der Waals surface area contributed by atoms with Gasteiger partial charge < -0.3 is 14.7 Å². The zero-order valence-electron chi connectivity index (χ0n) is 10.0. The number of pyridine rings is 1. The van der Waals surface area contributed by atoms with Crippen LogP contribution in [0.5, 0.6) is 0 Å². The monoisotopic (exact) mass is 260 g/mol. The molecule has 0 amide bonds. The number of nitrogens with one attached hydrogen (secondary N) is 1. The van der Waals surface area contributed by atoms with Crippen LogP contribution in [0.1, 0.15) is 12.2 Å². The molecule has 0 spiro atoms. The largest absolute Gasteiger partial charge is 0.481 e. The normalized spacial score (nSPS) is 18.0. The number of rotatable bonds is 2. The van der Waals surface area contributed by atoms with E-state index >= 15 is 0 Å². The minimum absolute atomic E-state index is 0.222. The van der Waals surface area contributed by atoms with Crippen LogP contribution in [0.25, 0.3) is 11.5 Å². The summed E-state index contributed by atoms with van der Waals surface area (Å²) in [5, 5.41) is 17.2. The third kappa shape index (κ3) is 2.03. The SMILES string of the molecule is O=C(O)C1CCc2nnc(-c3cccc(=O)[nH]3)n2C1. The first-order valence-corrected chi connectivity index (χ1v) is 6.00. The summed E-state index contributed by atoms with van der Waals surface area (Å²) < 4.78 is 1.77. The van der Waals surface area contributed by atoms with Crippen molar-refractivity contribution in [3.8, 4) is 11.5 Å². The summed E-state index contributed by atoms with van der Waals surface area (Å²) in [5.41, 5.74) is 0.331. The molecule has 0 bridgehead atoms. The van der Waals surface area contributed by atoms with E-state index in [1.807, 2.05) is 0 Å². The van der Waals surface area contributed by atoms with Crippen LogP contribution in [-0.4, -0.2) is 30.8 Å². The summed E-state index contributed by atoms with van der Waals surface area (Å²) in [6, 6.07) is 4.77. The second kappa shape index (κ2) is 4.34. The van der Waals surface area contributed by atoms with Gasteiger partial charge in [0.15, 0.2) is 5.82 Å². The van der Waals surface area contributed by atoms with Crippen LogP contribution in [0.15, 0.2) is 23.0 Å². The number of carboxylic acids is 1. The minimum atomic E-state index is -0.813. The Balaban J connectivity index is 2.04. The van der Waals surface area contributed by atoms with Crippen LogP contribution in [0, 0.1) is 5.92 Å². The number of H-pyrrole nitrogens is 1. The van der Waals surface area contributed by atoms with Crippen molar-refractivity contribution in [2.45, 2.75) is 19.4 Å². The summed E-state index contributed by atoms with van der Waals surface area (Å²) in [7, 11) is 0. The van der Waals surface area contributed by atoms with E-state index in [1.165, 1.54) is 6.07 Å². The summed E-state index contributed by atoms with van der Waals surface area (Å²) >= 11 is 0. The molecule has 0 saturated carbocycles. The maximum atomic E-state index is 11.3. The molecule has 3 heterocycles. The van der Waals surface area contributed by atoms with Gasteiger partial charge in [-0.25, -0.2) is 0 Å². The van der Waals surface area contributed by atoms with Crippen LogP contribution in [-0.2, 0) is 17.8 Å². The first kappa shape index (κ1) is 11.6. The molecule has 0 aliphatic carbocycles. The summed E-state index contributed by atoms with van der Waals surface area (Å²) in [6.45, 7) is 0.337. The van der Waals surface area contributed by atoms with Gasteiger partial charge in [-0.05, 0) is 12.5 Å². The summed E-state index contributed by atoms with van der Waals surface area (Å²) in [6.07, 6.45) is 1.15. The Labute approximate surface area is 107 Å². The molecule has 98 valence electrons. The van der Waals surface area contributed by atoms with E-state index in [9.17, 15) is 9.59 Å². The molecule has 1 unspecified atom stereocenters. The van der Waals surface area contributed by atoms with Gasteiger partial charge in [0.2, 0.25) is 5.56 Å². The molecule has 2 aromatic rings. The fraction of sp³-hybridized carbons (Fsp3) is 0.333. The average Bonchev–Trinajstić information content (AvgIpc) is 2.81. The Morgan fingerprint density at radius 1 is 1.42 bits per heavy atom.